The lowest BCUT2D eigenvalue weighted by Crippen LogP contribution is -2.50. The van der Waals surface area contributed by atoms with Crippen LogP contribution < -0.4 is 10.6 Å². The van der Waals surface area contributed by atoms with Crippen LogP contribution in [0.25, 0.3) is 0 Å². The standard InChI is InChI=1S/C19H31N3/c1-13-11-14(2)21-18(20-13)22-15(3)12-16-7-9-17(10-8-16)19(4,5)6/h7-10,13-15H,11-12H2,1-6H3,(H2,20,21,22)/t13-,14+,15?. The molecule has 2 N–H and O–H groups in total. The Bertz CT molecular complexity index is 510. The molecular formula is C19H31N3. The summed E-state index contributed by atoms with van der Waals surface area (Å²) >= 11 is 0. The minimum atomic E-state index is 0.218. The molecule has 0 saturated carbocycles. The number of hydrogen-bond acceptors (Lipinski definition) is 3. The van der Waals surface area contributed by atoms with Crippen molar-refractivity contribution >= 4 is 5.96 Å². The molecule has 1 unspecified atom stereocenters. The molecule has 0 aromatic heterocycles. The molecule has 0 amide bonds. The Morgan fingerprint density at radius 2 is 1.86 bits per heavy atom. The van der Waals surface area contributed by atoms with Gasteiger partial charge in [0.1, 0.15) is 0 Å². The second kappa shape index (κ2) is 6.72. The average Bonchev–Trinajstić information content (AvgIpc) is 2.36. The van der Waals surface area contributed by atoms with Crippen LogP contribution in [0.2, 0.25) is 0 Å². The molecule has 1 aromatic rings. The summed E-state index contributed by atoms with van der Waals surface area (Å²) in [4.78, 5) is 4.66. The van der Waals surface area contributed by atoms with E-state index in [1.807, 2.05) is 0 Å². The number of nitrogens with zero attached hydrogens (tertiary/aromatic N) is 1. The molecule has 0 spiro atoms. The second-order valence-electron chi connectivity index (χ2n) is 7.80. The average molecular weight is 301 g/mol. The van der Waals surface area contributed by atoms with Crippen LogP contribution in [0.15, 0.2) is 29.3 Å². The zero-order chi connectivity index (χ0) is 16.3. The Morgan fingerprint density at radius 3 is 2.41 bits per heavy atom. The van der Waals surface area contributed by atoms with Crippen LogP contribution in [0.4, 0.5) is 0 Å². The summed E-state index contributed by atoms with van der Waals surface area (Å²) in [7, 11) is 0. The quantitative estimate of drug-likeness (QED) is 0.894. The number of aliphatic imine (C=N–C) groups is 1. The molecule has 1 aliphatic rings. The number of nitrogens with one attached hydrogen (secondary N) is 2. The molecule has 122 valence electrons. The van der Waals surface area contributed by atoms with Crippen LogP contribution in [-0.4, -0.2) is 24.1 Å². The largest absolute Gasteiger partial charge is 0.354 e. The van der Waals surface area contributed by atoms with E-state index < -0.39 is 0 Å². The van der Waals surface area contributed by atoms with Gasteiger partial charge in [-0.2, -0.15) is 0 Å². The molecule has 1 aromatic carbocycles. The van der Waals surface area contributed by atoms with Crippen molar-refractivity contribution in [2.75, 3.05) is 0 Å². The van der Waals surface area contributed by atoms with E-state index in [1.54, 1.807) is 0 Å². The Morgan fingerprint density at radius 1 is 1.23 bits per heavy atom. The van der Waals surface area contributed by atoms with Crippen LogP contribution in [0, 0.1) is 0 Å². The van der Waals surface area contributed by atoms with Gasteiger partial charge in [-0.25, -0.2) is 0 Å². The number of rotatable bonds is 3. The molecule has 3 atom stereocenters. The van der Waals surface area contributed by atoms with Gasteiger partial charge in [-0.15, -0.1) is 0 Å². The highest BCUT2D eigenvalue weighted by molar-refractivity contribution is 5.81. The summed E-state index contributed by atoms with van der Waals surface area (Å²) in [6.45, 7) is 13.4. The molecule has 0 saturated heterocycles. The molecular weight excluding hydrogens is 270 g/mol. The fraction of sp³-hybridized carbons (Fsp3) is 0.632. The molecule has 3 heteroatoms. The number of hydrogen-bond donors (Lipinski definition) is 2. The van der Waals surface area contributed by atoms with Crippen LogP contribution in [-0.2, 0) is 11.8 Å². The monoisotopic (exact) mass is 301 g/mol. The van der Waals surface area contributed by atoms with Gasteiger partial charge in [-0.1, -0.05) is 45.0 Å². The minimum Gasteiger partial charge on any atom is -0.354 e. The first-order chi connectivity index (χ1) is 10.2. The molecule has 0 bridgehead atoms. The van der Waals surface area contributed by atoms with E-state index in [2.05, 4.69) is 81.4 Å². The lowest BCUT2D eigenvalue weighted by atomic mass is 9.86. The number of guanidine groups is 1. The highest BCUT2D eigenvalue weighted by Crippen LogP contribution is 2.22. The van der Waals surface area contributed by atoms with Gasteiger partial charge in [0.2, 0.25) is 0 Å². The molecule has 22 heavy (non-hydrogen) atoms. The topological polar surface area (TPSA) is 36.4 Å². The van der Waals surface area contributed by atoms with Crippen LogP contribution in [0.3, 0.4) is 0 Å². The molecule has 0 fully saturated rings. The van der Waals surface area contributed by atoms with Gasteiger partial charge in [-0.3, -0.25) is 4.99 Å². The Hall–Kier alpha value is -1.51. The SMILES string of the molecule is CC(Cc1ccc(C(C)(C)C)cc1)NC1=N[C@@H](C)C[C@@H](C)N1. The summed E-state index contributed by atoms with van der Waals surface area (Å²) < 4.78 is 0. The van der Waals surface area contributed by atoms with E-state index in [4.69, 9.17) is 0 Å². The molecule has 0 radical (unpaired) electrons. The van der Waals surface area contributed by atoms with Gasteiger partial charge in [0, 0.05) is 12.1 Å². The molecule has 2 rings (SSSR count). The third kappa shape index (κ3) is 4.75. The van der Waals surface area contributed by atoms with Gasteiger partial charge in [0.05, 0.1) is 6.04 Å². The van der Waals surface area contributed by atoms with Crippen molar-refractivity contribution in [3.8, 4) is 0 Å². The Labute approximate surface area is 135 Å². The first-order valence-corrected chi connectivity index (χ1v) is 8.44. The zero-order valence-corrected chi connectivity index (χ0v) is 14.9. The summed E-state index contributed by atoms with van der Waals surface area (Å²) in [5.41, 5.74) is 2.97. The highest BCUT2D eigenvalue weighted by Gasteiger charge is 2.18. The first kappa shape index (κ1) is 16.9. The third-order valence-electron chi connectivity index (χ3n) is 4.17. The molecule has 0 aliphatic carbocycles. The van der Waals surface area contributed by atoms with E-state index in [-0.39, 0.29) is 5.41 Å². The van der Waals surface area contributed by atoms with Gasteiger partial charge >= 0.3 is 0 Å². The maximum atomic E-state index is 4.66. The third-order valence-corrected chi connectivity index (χ3v) is 4.17. The predicted octanol–water partition coefficient (Wildman–Crippen LogP) is 3.63. The van der Waals surface area contributed by atoms with Crippen molar-refractivity contribution in [3.05, 3.63) is 35.4 Å². The lowest BCUT2D eigenvalue weighted by molar-refractivity contribution is 0.491. The fourth-order valence-electron chi connectivity index (χ4n) is 2.97. The summed E-state index contributed by atoms with van der Waals surface area (Å²) in [5.74, 6) is 0.949. The minimum absolute atomic E-state index is 0.218. The van der Waals surface area contributed by atoms with Gasteiger partial charge in [0.15, 0.2) is 5.96 Å². The Kier molecular flexibility index (Phi) is 5.15. The lowest BCUT2D eigenvalue weighted by Gasteiger charge is -2.28. The molecule has 3 nitrogen and oxygen atoms in total. The van der Waals surface area contributed by atoms with Crippen molar-refractivity contribution in [2.45, 2.75) is 77.9 Å². The zero-order valence-electron chi connectivity index (χ0n) is 14.9. The van der Waals surface area contributed by atoms with E-state index >= 15 is 0 Å². The fourth-order valence-corrected chi connectivity index (χ4v) is 2.97. The van der Waals surface area contributed by atoms with E-state index in [0.717, 1.165) is 18.8 Å². The smallest absolute Gasteiger partial charge is 0.191 e. The van der Waals surface area contributed by atoms with Gasteiger partial charge < -0.3 is 10.6 Å². The van der Waals surface area contributed by atoms with Gasteiger partial charge in [-0.05, 0) is 50.2 Å². The highest BCUT2D eigenvalue weighted by atomic mass is 15.2. The number of benzene rings is 1. The first-order valence-electron chi connectivity index (χ1n) is 8.44. The Balaban J connectivity index is 1.93. The maximum Gasteiger partial charge on any atom is 0.191 e. The van der Waals surface area contributed by atoms with Crippen LogP contribution in [0.1, 0.15) is 59.1 Å². The second-order valence-corrected chi connectivity index (χ2v) is 7.80. The van der Waals surface area contributed by atoms with Crippen molar-refractivity contribution < 1.29 is 0 Å². The van der Waals surface area contributed by atoms with Crippen molar-refractivity contribution in [1.82, 2.24) is 10.6 Å². The van der Waals surface area contributed by atoms with Crippen molar-refractivity contribution in [3.63, 3.8) is 0 Å². The summed E-state index contributed by atoms with van der Waals surface area (Å²) in [6, 6.07) is 10.3. The van der Waals surface area contributed by atoms with E-state index in [9.17, 15) is 0 Å². The van der Waals surface area contributed by atoms with Gasteiger partial charge in [0.25, 0.3) is 0 Å². The summed E-state index contributed by atoms with van der Waals surface area (Å²) in [5, 5.41) is 6.94. The normalized spacial score (nSPS) is 23.5. The predicted molar refractivity (Wildman–Crippen MR) is 95.6 cm³/mol. The van der Waals surface area contributed by atoms with E-state index in [1.165, 1.54) is 11.1 Å². The van der Waals surface area contributed by atoms with E-state index in [0.29, 0.717) is 18.1 Å². The summed E-state index contributed by atoms with van der Waals surface area (Å²) in [6.07, 6.45) is 2.11. The van der Waals surface area contributed by atoms with Crippen molar-refractivity contribution in [1.29, 1.82) is 0 Å². The van der Waals surface area contributed by atoms with Crippen LogP contribution in [0.5, 0.6) is 0 Å². The van der Waals surface area contributed by atoms with Crippen molar-refractivity contribution in [2.24, 2.45) is 4.99 Å². The molecule has 1 aliphatic heterocycles. The maximum absolute atomic E-state index is 4.66. The van der Waals surface area contributed by atoms with Crippen LogP contribution >= 0.6 is 0 Å². The molecule has 1 heterocycles.